The second-order valence-corrected chi connectivity index (χ2v) is 3.94. The molecule has 16 heavy (non-hydrogen) atoms. The van der Waals surface area contributed by atoms with Crippen molar-refractivity contribution in [3.8, 4) is 0 Å². The molecule has 1 rings (SSSR count). The molecule has 1 aliphatic carbocycles. The normalized spacial score (nSPS) is 15.1. The number of ether oxygens (including phenoxy) is 1. The van der Waals surface area contributed by atoms with E-state index in [4.69, 9.17) is 9.84 Å². The first-order chi connectivity index (χ1) is 7.61. The highest BCUT2D eigenvalue weighted by Gasteiger charge is 2.24. The van der Waals surface area contributed by atoms with Crippen molar-refractivity contribution >= 4 is 11.9 Å². The van der Waals surface area contributed by atoms with E-state index in [0.29, 0.717) is 19.2 Å². The van der Waals surface area contributed by atoms with Crippen molar-refractivity contribution in [2.45, 2.75) is 18.9 Å². The van der Waals surface area contributed by atoms with Crippen LogP contribution in [0.3, 0.4) is 0 Å². The number of aliphatic carboxylic acids is 1. The summed E-state index contributed by atoms with van der Waals surface area (Å²) in [4.78, 5) is 23.6. The highest BCUT2D eigenvalue weighted by molar-refractivity contribution is 5.79. The quantitative estimate of drug-likeness (QED) is 0.576. The molecule has 2 N–H and O–H groups in total. The average Bonchev–Trinajstić information content (AvgIpc) is 2.96. The maximum absolute atomic E-state index is 11.5. The van der Waals surface area contributed by atoms with E-state index in [0.717, 1.165) is 12.8 Å². The van der Waals surface area contributed by atoms with Crippen LogP contribution in [0.4, 0.5) is 0 Å². The molecule has 1 aliphatic rings. The van der Waals surface area contributed by atoms with Crippen LogP contribution in [0, 0.1) is 0 Å². The number of hydrogen-bond donors (Lipinski definition) is 2. The maximum atomic E-state index is 11.5. The lowest BCUT2D eigenvalue weighted by Gasteiger charge is -2.18. The average molecular weight is 230 g/mol. The molecule has 0 spiro atoms. The summed E-state index contributed by atoms with van der Waals surface area (Å²) in [6.45, 7) is 0.846. The number of nitrogens with zero attached hydrogens (tertiary/aromatic N) is 1. The molecule has 92 valence electrons. The number of carboxylic acids is 1. The van der Waals surface area contributed by atoms with Gasteiger partial charge in [0.2, 0.25) is 5.91 Å². The monoisotopic (exact) mass is 230 g/mol. The summed E-state index contributed by atoms with van der Waals surface area (Å²) in [6.07, 6.45) is 2.06. The molecule has 1 saturated carbocycles. The smallest absolute Gasteiger partial charge is 0.317 e. The largest absolute Gasteiger partial charge is 0.480 e. The molecule has 0 unspecified atom stereocenters. The predicted molar refractivity (Wildman–Crippen MR) is 57.1 cm³/mol. The molecule has 1 amide bonds. The number of carbonyl (C=O) groups excluding carboxylic acids is 1. The Hall–Kier alpha value is -1.14. The Balaban J connectivity index is 2.28. The molecule has 0 aromatic carbocycles. The van der Waals surface area contributed by atoms with Gasteiger partial charge in [-0.15, -0.1) is 0 Å². The van der Waals surface area contributed by atoms with Crippen LogP contribution >= 0.6 is 0 Å². The van der Waals surface area contributed by atoms with Crippen molar-refractivity contribution in [3.05, 3.63) is 0 Å². The van der Waals surface area contributed by atoms with Gasteiger partial charge in [0.05, 0.1) is 19.7 Å². The molecule has 0 aliphatic heterocycles. The summed E-state index contributed by atoms with van der Waals surface area (Å²) in [5, 5.41) is 11.5. The Kier molecular flexibility index (Phi) is 5.21. The lowest BCUT2D eigenvalue weighted by molar-refractivity contribution is -0.138. The highest BCUT2D eigenvalue weighted by atomic mass is 16.5. The van der Waals surface area contributed by atoms with Crippen molar-refractivity contribution in [2.24, 2.45) is 0 Å². The van der Waals surface area contributed by atoms with Crippen LogP contribution in [0.1, 0.15) is 12.8 Å². The lowest BCUT2D eigenvalue weighted by atomic mass is 10.4. The molecule has 1 fully saturated rings. The summed E-state index contributed by atoms with van der Waals surface area (Å²) in [6, 6.07) is 0.307. The van der Waals surface area contributed by atoms with Gasteiger partial charge < -0.3 is 15.2 Å². The molecule has 0 heterocycles. The number of methoxy groups -OCH3 is 1. The first kappa shape index (κ1) is 12.9. The van der Waals surface area contributed by atoms with E-state index in [9.17, 15) is 9.59 Å². The van der Waals surface area contributed by atoms with Crippen LogP contribution in [-0.2, 0) is 14.3 Å². The van der Waals surface area contributed by atoms with Crippen molar-refractivity contribution in [2.75, 3.05) is 33.4 Å². The standard InChI is InChI=1S/C10H18N2O4/c1-16-5-4-12(7-10(14)15)6-9(13)11-8-2-3-8/h8H,2-7H2,1H3,(H,11,13)(H,14,15). The van der Waals surface area contributed by atoms with Crippen molar-refractivity contribution < 1.29 is 19.4 Å². The van der Waals surface area contributed by atoms with Gasteiger partial charge in [-0.05, 0) is 12.8 Å². The second kappa shape index (κ2) is 6.44. The van der Waals surface area contributed by atoms with E-state index in [-0.39, 0.29) is 19.0 Å². The summed E-state index contributed by atoms with van der Waals surface area (Å²) in [7, 11) is 1.54. The third kappa shape index (κ3) is 5.67. The Bertz CT molecular complexity index is 253. The highest BCUT2D eigenvalue weighted by Crippen LogP contribution is 2.18. The van der Waals surface area contributed by atoms with Crippen molar-refractivity contribution in [3.63, 3.8) is 0 Å². The van der Waals surface area contributed by atoms with Crippen molar-refractivity contribution in [1.29, 1.82) is 0 Å². The number of carbonyl (C=O) groups is 2. The van der Waals surface area contributed by atoms with E-state index < -0.39 is 5.97 Å². The van der Waals surface area contributed by atoms with Gasteiger partial charge in [-0.3, -0.25) is 14.5 Å². The minimum absolute atomic E-state index is 0.111. The van der Waals surface area contributed by atoms with Crippen LogP contribution in [-0.4, -0.2) is 61.3 Å². The van der Waals surface area contributed by atoms with Gasteiger partial charge in [0.15, 0.2) is 0 Å². The Morgan fingerprint density at radius 1 is 1.44 bits per heavy atom. The summed E-state index contributed by atoms with van der Waals surface area (Å²) < 4.78 is 4.86. The molecule has 0 aromatic heterocycles. The molecule has 0 atom stereocenters. The fraction of sp³-hybridized carbons (Fsp3) is 0.800. The zero-order valence-electron chi connectivity index (χ0n) is 9.44. The lowest BCUT2D eigenvalue weighted by Crippen LogP contribution is -2.41. The first-order valence-electron chi connectivity index (χ1n) is 5.34. The van der Waals surface area contributed by atoms with E-state index in [1.54, 1.807) is 12.0 Å². The van der Waals surface area contributed by atoms with E-state index in [1.807, 2.05) is 0 Å². The van der Waals surface area contributed by atoms with Gasteiger partial charge in [-0.25, -0.2) is 0 Å². The minimum Gasteiger partial charge on any atom is -0.480 e. The van der Waals surface area contributed by atoms with E-state index >= 15 is 0 Å². The van der Waals surface area contributed by atoms with Gasteiger partial charge >= 0.3 is 5.97 Å². The fourth-order valence-corrected chi connectivity index (χ4v) is 1.33. The number of rotatable bonds is 8. The first-order valence-corrected chi connectivity index (χ1v) is 5.34. The molecule has 6 nitrogen and oxygen atoms in total. The van der Waals surface area contributed by atoms with Gasteiger partial charge in [-0.1, -0.05) is 0 Å². The SMILES string of the molecule is COCCN(CC(=O)O)CC(=O)NC1CC1. The third-order valence-electron chi connectivity index (χ3n) is 2.28. The summed E-state index contributed by atoms with van der Waals surface area (Å²) in [5.41, 5.74) is 0. The van der Waals surface area contributed by atoms with Gasteiger partial charge in [0.25, 0.3) is 0 Å². The molecule has 6 heteroatoms. The minimum atomic E-state index is -0.935. The van der Waals surface area contributed by atoms with Crippen LogP contribution in [0.15, 0.2) is 0 Å². The third-order valence-corrected chi connectivity index (χ3v) is 2.28. The molecule has 0 bridgehead atoms. The van der Waals surface area contributed by atoms with Crippen LogP contribution in [0.25, 0.3) is 0 Å². The fourth-order valence-electron chi connectivity index (χ4n) is 1.33. The predicted octanol–water partition coefficient (Wildman–Crippen LogP) is -0.702. The zero-order chi connectivity index (χ0) is 12.0. The summed E-state index contributed by atoms with van der Waals surface area (Å²) in [5.74, 6) is -1.05. The molecular weight excluding hydrogens is 212 g/mol. The van der Waals surface area contributed by atoms with Gasteiger partial charge in [0.1, 0.15) is 0 Å². The number of hydrogen-bond acceptors (Lipinski definition) is 4. The topological polar surface area (TPSA) is 78.9 Å². The van der Waals surface area contributed by atoms with Gasteiger partial charge in [-0.2, -0.15) is 0 Å². The Morgan fingerprint density at radius 2 is 2.12 bits per heavy atom. The Labute approximate surface area is 94.6 Å². The Morgan fingerprint density at radius 3 is 2.62 bits per heavy atom. The maximum Gasteiger partial charge on any atom is 0.317 e. The second-order valence-electron chi connectivity index (χ2n) is 3.94. The number of amides is 1. The van der Waals surface area contributed by atoms with Gasteiger partial charge in [0, 0.05) is 19.7 Å². The summed E-state index contributed by atoms with van der Waals surface area (Å²) >= 11 is 0. The van der Waals surface area contributed by atoms with E-state index in [2.05, 4.69) is 5.32 Å². The zero-order valence-corrected chi connectivity index (χ0v) is 9.44. The van der Waals surface area contributed by atoms with Crippen LogP contribution in [0.5, 0.6) is 0 Å². The molecule has 0 aromatic rings. The number of carboxylic acid groups (broad SMARTS) is 1. The molecule has 0 radical (unpaired) electrons. The number of nitrogens with one attached hydrogen (secondary N) is 1. The molecular formula is C10H18N2O4. The molecule has 0 saturated heterocycles. The van der Waals surface area contributed by atoms with E-state index in [1.165, 1.54) is 0 Å². The van der Waals surface area contributed by atoms with Crippen LogP contribution in [0.2, 0.25) is 0 Å². The van der Waals surface area contributed by atoms with Crippen LogP contribution < -0.4 is 5.32 Å². The van der Waals surface area contributed by atoms with Crippen molar-refractivity contribution in [1.82, 2.24) is 10.2 Å².